The van der Waals surface area contributed by atoms with Gasteiger partial charge in [-0.3, -0.25) is 9.35 Å². The highest BCUT2D eigenvalue weighted by Crippen LogP contribution is 2.16. The fraction of sp³-hybridized carbons (Fsp3) is 0.886. The van der Waals surface area contributed by atoms with Gasteiger partial charge in [-0.1, -0.05) is 218 Å². The summed E-state index contributed by atoms with van der Waals surface area (Å²) in [7, 11) is -4.35. The number of amides is 1. The molecule has 0 spiro atoms. The first-order valence-corrected chi connectivity index (χ1v) is 23.6. The maximum atomic E-state index is 12.5. The molecule has 0 aliphatic carbocycles. The molecule has 51 heavy (non-hydrogen) atoms. The standard InChI is InChI=1S/C44H85NO5S/c1-3-5-7-9-11-13-15-17-19-21-22-23-24-26-28-30-32-34-36-38-40-44(47)45-42(41-51(48,49)50)43(46)39-37-35-33-31-29-27-25-20-18-16-14-12-10-8-6-4-2/h29,31,37,39,42-43,46H,3-28,30,32-36,38,40-41H2,1-2H3,(H,45,47)(H,48,49,50)/b31-29+,39-37+. The number of hydrogen-bond acceptors (Lipinski definition) is 4. The van der Waals surface area contributed by atoms with E-state index in [1.807, 2.05) is 6.08 Å². The van der Waals surface area contributed by atoms with E-state index >= 15 is 0 Å². The number of aliphatic hydroxyl groups is 1. The minimum absolute atomic E-state index is 0.284. The van der Waals surface area contributed by atoms with Crippen molar-refractivity contribution in [2.24, 2.45) is 0 Å². The molecule has 0 aromatic heterocycles. The molecule has 0 fully saturated rings. The van der Waals surface area contributed by atoms with Crippen molar-refractivity contribution in [3.05, 3.63) is 24.3 Å². The summed E-state index contributed by atoms with van der Waals surface area (Å²) < 4.78 is 32.5. The fourth-order valence-corrected chi connectivity index (χ4v) is 7.55. The summed E-state index contributed by atoms with van der Waals surface area (Å²) in [5.74, 6) is -0.990. The summed E-state index contributed by atoms with van der Waals surface area (Å²) in [5, 5.41) is 13.2. The zero-order chi connectivity index (χ0) is 37.5. The Kier molecular flexibility index (Phi) is 37.6. The van der Waals surface area contributed by atoms with Gasteiger partial charge < -0.3 is 10.4 Å². The third kappa shape index (κ3) is 39.9. The van der Waals surface area contributed by atoms with Crippen LogP contribution in [-0.2, 0) is 14.9 Å². The van der Waals surface area contributed by atoms with Crippen LogP contribution in [0.15, 0.2) is 24.3 Å². The number of allylic oxidation sites excluding steroid dienone is 3. The Morgan fingerprint density at radius 3 is 1.24 bits per heavy atom. The Labute approximate surface area is 317 Å². The molecular formula is C44H85NO5S. The largest absolute Gasteiger partial charge is 0.387 e. The summed E-state index contributed by atoms with van der Waals surface area (Å²) in [4.78, 5) is 12.5. The van der Waals surface area contributed by atoms with Gasteiger partial charge in [0.2, 0.25) is 5.91 Å². The molecule has 0 aromatic rings. The molecule has 0 aliphatic heterocycles. The lowest BCUT2D eigenvalue weighted by atomic mass is 10.0. The minimum atomic E-state index is -4.35. The summed E-state index contributed by atoms with van der Waals surface area (Å²) in [6.45, 7) is 4.54. The van der Waals surface area contributed by atoms with Gasteiger partial charge in [0.05, 0.1) is 17.9 Å². The van der Waals surface area contributed by atoms with Crippen molar-refractivity contribution in [3.63, 3.8) is 0 Å². The number of carbonyl (C=O) groups is 1. The normalized spacial score (nSPS) is 13.4. The lowest BCUT2D eigenvalue weighted by Gasteiger charge is -2.21. The monoisotopic (exact) mass is 740 g/mol. The summed E-state index contributed by atoms with van der Waals surface area (Å²) in [5.41, 5.74) is 0. The lowest BCUT2D eigenvalue weighted by molar-refractivity contribution is -0.122. The van der Waals surface area contributed by atoms with Gasteiger partial charge in [-0.15, -0.1) is 0 Å². The second-order valence-electron chi connectivity index (χ2n) is 15.3. The molecule has 0 saturated carbocycles. The number of rotatable bonds is 40. The first-order valence-electron chi connectivity index (χ1n) is 22.0. The second kappa shape index (κ2) is 38.5. The van der Waals surface area contributed by atoms with Crippen molar-refractivity contribution in [2.45, 2.75) is 244 Å². The van der Waals surface area contributed by atoms with Gasteiger partial charge >= 0.3 is 0 Å². The van der Waals surface area contributed by atoms with E-state index in [1.54, 1.807) is 0 Å². The van der Waals surface area contributed by atoms with Crippen LogP contribution in [0.4, 0.5) is 0 Å². The van der Waals surface area contributed by atoms with Crippen LogP contribution in [0.25, 0.3) is 0 Å². The number of unbranched alkanes of at least 4 members (excludes halogenated alkanes) is 30. The van der Waals surface area contributed by atoms with E-state index in [2.05, 4.69) is 31.3 Å². The van der Waals surface area contributed by atoms with E-state index in [0.29, 0.717) is 6.42 Å². The molecule has 2 atom stereocenters. The van der Waals surface area contributed by atoms with Crippen LogP contribution < -0.4 is 5.32 Å². The number of nitrogens with one attached hydrogen (secondary N) is 1. The molecule has 0 heterocycles. The van der Waals surface area contributed by atoms with Gasteiger partial charge in [-0.25, -0.2) is 0 Å². The predicted molar refractivity (Wildman–Crippen MR) is 221 cm³/mol. The molecule has 302 valence electrons. The van der Waals surface area contributed by atoms with Gasteiger partial charge in [0, 0.05) is 6.42 Å². The highest BCUT2D eigenvalue weighted by atomic mass is 32.2. The van der Waals surface area contributed by atoms with Crippen LogP contribution in [-0.4, -0.2) is 41.9 Å². The molecule has 0 saturated heterocycles. The Bertz CT molecular complexity index is 903. The molecule has 2 unspecified atom stereocenters. The van der Waals surface area contributed by atoms with Crippen molar-refractivity contribution in [1.29, 1.82) is 0 Å². The zero-order valence-electron chi connectivity index (χ0n) is 33.7. The SMILES string of the molecule is CCCCCCCCCCCC/C=C/CC/C=C/C(O)C(CS(=O)(=O)O)NC(=O)CCCCCCCCCCCCCCCCCCCCCC. The maximum Gasteiger partial charge on any atom is 0.267 e. The van der Waals surface area contributed by atoms with Gasteiger partial charge in [0.25, 0.3) is 10.1 Å². The van der Waals surface area contributed by atoms with Crippen molar-refractivity contribution in [2.75, 3.05) is 5.75 Å². The van der Waals surface area contributed by atoms with Gasteiger partial charge in [-0.2, -0.15) is 8.42 Å². The fourth-order valence-electron chi connectivity index (χ4n) is 6.82. The van der Waals surface area contributed by atoms with Gasteiger partial charge in [0.15, 0.2) is 0 Å². The number of aliphatic hydroxyl groups excluding tert-OH is 1. The van der Waals surface area contributed by atoms with Crippen LogP contribution in [0, 0.1) is 0 Å². The first kappa shape index (κ1) is 49.8. The Morgan fingerprint density at radius 2 is 0.843 bits per heavy atom. The third-order valence-corrected chi connectivity index (χ3v) is 10.9. The van der Waals surface area contributed by atoms with E-state index in [1.165, 1.54) is 179 Å². The van der Waals surface area contributed by atoms with Crippen LogP contribution in [0.5, 0.6) is 0 Å². The van der Waals surface area contributed by atoms with E-state index in [9.17, 15) is 22.9 Å². The molecule has 1 amide bonds. The van der Waals surface area contributed by atoms with Gasteiger partial charge in [-0.05, 0) is 32.1 Å². The van der Waals surface area contributed by atoms with Crippen LogP contribution in [0.1, 0.15) is 232 Å². The Morgan fingerprint density at radius 1 is 0.510 bits per heavy atom. The highest BCUT2D eigenvalue weighted by molar-refractivity contribution is 7.85. The smallest absolute Gasteiger partial charge is 0.267 e. The van der Waals surface area contributed by atoms with Crippen molar-refractivity contribution >= 4 is 16.0 Å². The van der Waals surface area contributed by atoms with E-state index in [4.69, 9.17) is 0 Å². The van der Waals surface area contributed by atoms with Gasteiger partial charge in [0.1, 0.15) is 0 Å². The second-order valence-corrected chi connectivity index (χ2v) is 16.8. The van der Waals surface area contributed by atoms with E-state index in [-0.39, 0.29) is 5.91 Å². The topological polar surface area (TPSA) is 104 Å². The van der Waals surface area contributed by atoms with Crippen molar-refractivity contribution in [1.82, 2.24) is 5.32 Å². The molecule has 0 radical (unpaired) electrons. The molecular weight excluding hydrogens is 655 g/mol. The molecule has 0 aliphatic rings. The lowest BCUT2D eigenvalue weighted by Crippen LogP contribution is -2.46. The van der Waals surface area contributed by atoms with Crippen molar-refractivity contribution in [3.8, 4) is 0 Å². The number of carbonyl (C=O) groups excluding carboxylic acids is 1. The van der Waals surface area contributed by atoms with E-state index in [0.717, 1.165) is 38.5 Å². The van der Waals surface area contributed by atoms with E-state index < -0.39 is 28.0 Å². The predicted octanol–water partition coefficient (Wildman–Crippen LogP) is 13.1. The molecule has 7 heteroatoms. The Balaban J connectivity index is 3.87. The molecule has 0 aromatic carbocycles. The molecule has 0 rings (SSSR count). The summed E-state index contributed by atoms with van der Waals surface area (Å²) >= 11 is 0. The highest BCUT2D eigenvalue weighted by Gasteiger charge is 2.24. The van der Waals surface area contributed by atoms with Crippen LogP contribution in [0.2, 0.25) is 0 Å². The quantitative estimate of drug-likeness (QED) is 0.0330. The van der Waals surface area contributed by atoms with Crippen molar-refractivity contribution < 1.29 is 22.9 Å². The molecule has 3 N–H and O–H groups in total. The average molecular weight is 740 g/mol. The summed E-state index contributed by atoms with van der Waals surface area (Å²) in [6, 6.07) is -1.07. The van der Waals surface area contributed by atoms with Crippen LogP contribution in [0.3, 0.4) is 0 Å². The maximum absolute atomic E-state index is 12.5. The summed E-state index contributed by atoms with van der Waals surface area (Å²) in [6.07, 6.45) is 48.9. The van der Waals surface area contributed by atoms with Crippen LogP contribution >= 0.6 is 0 Å². The number of hydrogen-bond donors (Lipinski definition) is 3. The average Bonchev–Trinajstić information content (AvgIpc) is 3.09. The molecule has 0 bridgehead atoms. The first-order chi connectivity index (χ1) is 24.8. The Hall–Kier alpha value is -1.18. The minimum Gasteiger partial charge on any atom is -0.387 e. The third-order valence-electron chi connectivity index (χ3n) is 10.1. The molecule has 6 nitrogen and oxygen atoms in total. The zero-order valence-corrected chi connectivity index (χ0v) is 34.6.